The first-order valence-corrected chi connectivity index (χ1v) is 9.40. The Kier molecular flexibility index (Phi) is 4.96. The highest BCUT2D eigenvalue weighted by Crippen LogP contribution is 2.32. The summed E-state index contributed by atoms with van der Waals surface area (Å²) in [6.07, 6.45) is 2.93. The first kappa shape index (κ1) is 17.4. The maximum Gasteiger partial charge on any atom is 0.313 e. The number of nitrogens with one attached hydrogen (secondary N) is 2. The summed E-state index contributed by atoms with van der Waals surface area (Å²) in [4.78, 5) is 27.2. The number of nitrogens with zero attached hydrogens (tertiary/aromatic N) is 1. The Morgan fingerprint density at radius 1 is 0.963 bits per heavy atom. The van der Waals surface area contributed by atoms with Crippen LogP contribution in [-0.2, 0) is 9.59 Å². The second-order valence-corrected chi connectivity index (χ2v) is 6.87. The van der Waals surface area contributed by atoms with Crippen molar-refractivity contribution in [2.75, 3.05) is 29.9 Å². The number of ether oxygens (including phenoxy) is 1. The lowest BCUT2D eigenvalue weighted by molar-refractivity contribution is -0.136. The van der Waals surface area contributed by atoms with E-state index in [2.05, 4.69) is 15.5 Å². The predicted octanol–water partition coefficient (Wildman–Crippen LogP) is 2.87. The summed E-state index contributed by atoms with van der Waals surface area (Å²) in [6, 6.07) is 15.0. The van der Waals surface area contributed by atoms with Crippen LogP contribution >= 0.6 is 0 Å². The zero-order valence-electron chi connectivity index (χ0n) is 15.1. The number of hydrogen-bond donors (Lipinski definition) is 2. The minimum Gasteiger partial charge on any atom is -0.493 e. The molecule has 0 aliphatic carbocycles. The maximum atomic E-state index is 12.5. The molecule has 2 aromatic rings. The number of para-hydroxylation sites is 3. The van der Waals surface area contributed by atoms with E-state index in [0.717, 1.165) is 42.9 Å². The van der Waals surface area contributed by atoms with Crippen molar-refractivity contribution in [2.24, 2.45) is 0 Å². The molecule has 2 amide bonds. The van der Waals surface area contributed by atoms with Crippen LogP contribution in [0, 0.1) is 0 Å². The number of carbonyl (C=O) groups is 2. The van der Waals surface area contributed by atoms with Crippen LogP contribution in [0.2, 0.25) is 0 Å². The van der Waals surface area contributed by atoms with Crippen molar-refractivity contribution in [3.63, 3.8) is 0 Å². The van der Waals surface area contributed by atoms with E-state index in [1.807, 2.05) is 48.5 Å². The Morgan fingerprint density at radius 3 is 2.56 bits per heavy atom. The largest absolute Gasteiger partial charge is 0.493 e. The van der Waals surface area contributed by atoms with E-state index in [9.17, 15) is 9.59 Å². The molecule has 2 aliphatic rings. The molecule has 0 radical (unpaired) electrons. The second kappa shape index (κ2) is 7.70. The third-order valence-corrected chi connectivity index (χ3v) is 5.07. The van der Waals surface area contributed by atoms with Gasteiger partial charge in [0.25, 0.3) is 0 Å². The Bertz CT molecular complexity index is 846. The van der Waals surface area contributed by atoms with Crippen LogP contribution < -0.4 is 20.3 Å². The second-order valence-electron chi connectivity index (χ2n) is 6.87. The van der Waals surface area contributed by atoms with Gasteiger partial charge in [-0.05, 0) is 31.0 Å². The molecule has 140 valence electrons. The van der Waals surface area contributed by atoms with Crippen LogP contribution in [0.1, 0.15) is 30.9 Å². The molecule has 6 nitrogen and oxygen atoms in total. The molecule has 0 bridgehead atoms. The van der Waals surface area contributed by atoms with Gasteiger partial charge < -0.3 is 20.3 Å². The fourth-order valence-corrected chi connectivity index (χ4v) is 3.71. The lowest BCUT2D eigenvalue weighted by Gasteiger charge is -2.26. The Labute approximate surface area is 158 Å². The summed E-state index contributed by atoms with van der Waals surface area (Å²) in [5.74, 6) is -0.521. The van der Waals surface area contributed by atoms with Gasteiger partial charge in [-0.3, -0.25) is 9.59 Å². The van der Waals surface area contributed by atoms with E-state index < -0.39 is 11.8 Å². The van der Waals surface area contributed by atoms with Gasteiger partial charge in [-0.25, -0.2) is 0 Å². The first-order chi connectivity index (χ1) is 13.2. The van der Waals surface area contributed by atoms with Crippen LogP contribution in [-0.4, -0.2) is 31.5 Å². The molecule has 0 spiro atoms. The van der Waals surface area contributed by atoms with Crippen molar-refractivity contribution in [1.82, 2.24) is 5.32 Å². The Hall–Kier alpha value is -3.02. The van der Waals surface area contributed by atoms with E-state index in [1.165, 1.54) is 0 Å². The predicted molar refractivity (Wildman–Crippen MR) is 104 cm³/mol. The molecule has 6 heteroatoms. The lowest BCUT2D eigenvalue weighted by atomic mass is 10.0. The van der Waals surface area contributed by atoms with Crippen molar-refractivity contribution < 1.29 is 14.3 Å². The summed E-state index contributed by atoms with van der Waals surface area (Å²) in [6.45, 7) is 2.46. The lowest BCUT2D eigenvalue weighted by Crippen LogP contribution is -2.39. The fourth-order valence-electron chi connectivity index (χ4n) is 3.71. The monoisotopic (exact) mass is 365 g/mol. The highest BCUT2D eigenvalue weighted by atomic mass is 16.5. The molecule has 2 aromatic carbocycles. The van der Waals surface area contributed by atoms with Crippen LogP contribution in [0.25, 0.3) is 0 Å². The third kappa shape index (κ3) is 3.74. The smallest absolute Gasteiger partial charge is 0.313 e. The van der Waals surface area contributed by atoms with E-state index in [-0.39, 0.29) is 6.04 Å². The Balaban J connectivity index is 1.45. The SMILES string of the molecule is O=C(Nc1ccccc1N1CCCC1)C(=O)N[C@@H]1CCOc2ccccc21. The summed E-state index contributed by atoms with van der Waals surface area (Å²) < 4.78 is 5.61. The summed E-state index contributed by atoms with van der Waals surface area (Å²) in [5, 5.41) is 5.62. The standard InChI is InChI=1S/C21H23N3O3/c25-20(22-16-11-14-27-19-10-4-1-7-15(16)19)21(26)23-17-8-2-3-9-18(17)24-12-5-6-13-24/h1-4,7-10,16H,5-6,11-14H2,(H,22,25)(H,23,26)/t16-/m1/s1. The average Bonchev–Trinajstić information content (AvgIpc) is 3.23. The van der Waals surface area contributed by atoms with E-state index in [0.29, 0.717) is 18.7 Å². The first-order valence-electron chi connectivity index (χ1n) is 9.40. The van der Waals surface area contributed by atoms with Gasteiger partial charge in [-0.15, -0.1) is 0 Å². The normalized spacial score (nSPS) is 18.4. The molecule has 1 atom stereocenters. The van der Waals surface area contributed by atoms with Gasteiger partial charge in [0.2, 0.25) is 0 Å². The Morgan fingerprint density at radius 2 is 1.70 bits per heavy atom. The molecule has 2 aliphatic heterocycles. The van der Waals surface area contributed by atoms with Crippen molar-refractivity contribution in [2.45, 2.75) is 25.3 Å². The number of amides is 2. The van der Waals surface area contributed by atoms with Crippen LogP contribution in [0.3, 0.4) is 0 Å². The van der Waals surface area contributed by atoms with Crippen molar-refractivity contribution in [3.8, 4) is 5.75 Å². The minimum absolute atomic E-state index is 0.220. The van der Waals surface area contributed by atoms with E-state index in [4.69, 9.17) is 4.74 Å². The topological polar surface area (TPSA) is 70.7 Å². The summed E-state index contributed by atoms with van der Waals surface area (Å²) >= 11 is 0. The maximum absolute atomic E-state index is 12.5. The zero-order chi connectivity index (χ0) is 18.6. The van der Waals surface area contributed by atoms with Gasteiger partial charge in [0, 0.05) is 25.1 Å². The summed E-state index contributed by atoms with van der Waals surface area (Å²) in [5.41, 5.74) is 2.54. The average molecular weight is 365 g/mol. The van der Waals surface area contributed by atoms with Crippen LogP contribution in [0.5, 0.6) is 5.75 Å². The van der Waals surface area contributed by atoms with Gasteiger partial charge >= 0.3 is 11.8 Å². The van der Waals surface area contributed by atoms with Crippen molar-refractivity contribution in [3.05, 3.63) is 54.1 Å². The van der Waals surface area contributed by atoms with Crippen LogP contribution in [0.15, 0.2) is 48.5 Å². The molecule has 2 heterocycles. The number of rotatable bonds is 3. The van der Waals surface area contributed by atoms with E-state index in [1.54, 1.807) is 0 Å². The van der Waals surface area contributed by atoms with Gasteiger partial charge in [0.1, 0.15) is 5.75 Å². The van der Waals surface area contributed by atoms with Crippen LogP contribution in [0.4, 0.5) is 11.4 Å². The van der Waals surface area contributed by atoms with Gasteiger partial charge in [0.15, 0.2) is 0 Å². The number of benzene rings is 2. The number of hydrogen-bond acceptors (Lipinski definition) is 4. The van der Waals surface area contributed by atoms with Crippen molar-refractivity contribution in [1.29, 1.82) is 0 Å². The molecular weight excluding hydrogens is 342 g/mol. The molecule has 1 saturated heterocycles. The molecular formula is C21H23N3O3. The molecule has 1 fully saturated rings. The molecule has 0 saturated carbocycles. The molecule has 2 N–H and O–H groups in total. The minimum atomic E-state index is -0.648. The van der Waals surface area contributed by atoms with Gasteiger partial charge in [-0.1, -0.05) is 30.3 Å². The van der Waals surface area contributed by atoms with Gasteiger partial charge in [-0.2, -0.15) is 0 Å². The van der Waals surface area contributed by atoms with Crippen molar-refractivity contribution >= 4 is 23.2 Å². The zero-order valence-corrected chi connectivity index (χ0v) is 15.1. The highest BCUT2D eigenvalue weighted by Gasteiger charge is 2.26. The van der Waals surface area contributed by atoms with Gasteiger partial charge in [0.05, 0.1) is 24.0 Å². The molecule has 27 heavy (non-hydrogen) atoms. The molecule has 0 aromatic heterocycles. The summed E-state index contributed by atoms with van der Waals surface area (Å²) in [7, 11) is 0. The molecule has 0 unspecified atom stereocenters. The fraction of sp³-hybridized carbons (Fsp3) is 0.333. The highest BCUT2D eigenvalue weighted by molar-refractivity contribution is 6.40. The third-order valence-electron chi connectivity index (χ3n) is 5.07. The molecule has 4 rings (SSSR count). The number of carbonyl (C=O) groups excluding carboxylic acids is 2. The number of fused-ring (bicyclic) bond motifs is 1. The quantitative estimate of drug-likeness (QED) is 0.821. The van der Waals surface area contributed by atoms with E-state index >= 15 is 0 Å². The number of anilines is 2.